The zero-order valence-electron chi connectivity index (χ0n) is 20.1. The van der Waals surface area contributed by atoms with Crippen LogP contribution in [0.2, 0.25) is 0 Å². The molecule has 32 heavy (non-hydrogen) atoms. The summed E-state index contributed by atoms with van der Waals surface area (Å²) < 4.78 is 10.8. The summed E-state index contributed by atoms with van der Waals surface area (Å²) in [6.07, 6.45) is 22.5. The molecular weight excluding hydrogens is 402 g/mol. The van der Waals surface area contributed by atoms with Gasteiger partial charge in [0, 0.05) is 30.6 Å². The van der Waals surface area contributed by atoms with Crippen molar-refractivity contribution in [2.24, 2.45) is 0 Å². The minimum atomic E-state index is -0.384. The van der Waals surface area contributed by atoms with Gasteiger partial charge in [0.1, 0.15) is 6.10 Å². The molecule has 0 heterocycles. The van der Waals surface area contributed by atoms with E-state index < -0.39 is 0 Å². The minimum Gasteiger partial charge on any atom is -0.463 e. The van der Waals surface area contributed by atoms with Crippen molar-refractivity contribution in [3.8, 4) is 0 Å². The van der Waals surface area contributed by atoms with Crippen LogP contribution < -0.4 is 0 Å². The van der Waals surface area contributed by atoms with Crippen LogP contribution in [0.5, 0.6) is 0 Å². The van der Waals surface area contributed by atoms with E-state index in [1.54, 1.807) is 0 Å². The van der Waals surface area contributed by atoms with Crippen LogP contribution in [-0.2, 0) is 19.1 Å². The van der Waals surface area contributed by atoms with Gasteiger partial charge in [-0.2, -0.15) is 0 Å². The second-order valence-electron chi connectivity index (χ2n) is 10.1. The Morgan fingerprint density at radius 1 is 0.750 bits per heavy atom. The normalized spacial score (nSPS) is 25.4. The predicted octanol–water partition coefficient (Wildman–Crippen LogP) is 6.10. The molecule has 0 spiro atoms. The van der Waals surface area contributed by atoms with Gasteiger partial charge >= 0.3 is 11.9 Å². The third-order valence-corrected chi connectivity index (χ3v) is 7.79. The fourth-order valence-electron chi connectivity index (χ4n) is 6.14. The number of carbonyl (C=O) groups excluding carboxylic acids is 2. The molecular formula is C27H45NO4. The largest absolute Gasteiger partial charge is 0.463 e. The average Bonchev–Trinajstić information content (AvgIpc) is 2.84. The van der Waals surface area contributed by atoms with Crippen LogP contribution in [0.15, 0.2) is 12.7 Å². The van der Waals surface area contributed by atoms with E-state index in [4.69, 9.17) is 9.47 Å². The van der Waals surface area contributed by atoms with Crippen molar-refractivity contribution in [1.82, 2.24) is 4.90 Å². The Hall–Kier alpha value is -1.36. The Morgan fingerprint density at radius 2 is 1.31 bits per heavy atom. The van der Waals surface area contributed by atoms with Gasteiger partial charge in [0.05, 0.1) is 6.61 Å². The lowest BCUT2D eigenvalue weighted by atomic mass is 9.83. The summed E-state index contributed by atoms with van der Waals surface area (Å²) in [4.78, 5) is 26.2. The molecule has 3 fully saturated rings. The highest BCUT2D eigenvalue weighted by Gasteiger charge is 2.36. The summed E-state index contributed by atoms with van der Waals surface area (Å²) in [5, 5.41) is 0. The highest BCUT2D eigenvalue weighted by Crippen LogP contribution is 2.36. The Bertz CT molecular complexity index is 554. The molecule has 5 heteroatoms. The fourth-order valence-corrected chi connectivity index (χ4v) is 6.14. The molecule has 3 saturated carbocycles. The number of nitrogens with zero attached hydrogens (tertiary/aromatic N) is 1. The highest BCUT2D eigenvalue weighted by molar-refractivity contribution is 5.81. The molecule has 3 aliphatic rings. The Morgan fingerprint density at radius 3 is 1.88 bits per heavy atom. The molecule has 0 aromatic heterocycles. The zero-order chi connectivity index (χ0) is 22.6. The second-order valence-corrected chi connectivity index (χ2v) is 10.1. The molecule has 0 aliphatic heterocycles. The molecule has 182 valence electrons. The van der Waals surface area contributed by atoms with Crippen LogP contribution >= 0.6 is 0 Å². The van der Waals surface area contributed by atoms with Gasteiger partial charge < -0.3 is 9.47 Å². The van der Waals surface area contributed by atoms with Crippen molar-refractivity contribution < 1.29 is 19.1 Å². The third kappa shape index (κ3) is 8.20. The van der Waals surface area contributed by atoms with Crippen molar-refractivity contribution in [2.45, 2.75) is 140 Å². The van der Waals surface area contributed by atoms with Gasteiger partial charge in [-0.05, 0) is 70.6 Å². The Balaban J connectivity index is 1.36. The molecule has 0 unspecified atom stereocenters. The van der Waals surface area contributed by atoms with E-state index in [0.717, 1.165) is 44.2 Å². The van der Waals surface area contributed by atoms with E-state index in [1.165, 1.54) is 83.1 Å². The SMILES string of the molecule is C=CC(=O)OCCCCCC(=O)OC1CCC(N(C2CCCCC2)C2CCCCC2)CC1. The van der Waals surface area contributed by atoms with Crippen molar-refractivity contribution in [1.29, 1.82) is 0 Å². The molecule has 0 amide bonds. The Labute approximate surface area is 195 Å². The van der Waals surface area contributed by atoms with Gasteiger partial charge in [0.2, 0.25) is 0 Å². The summed E-state index contributed by atoms with van der Waals surface area (Å²) in [5.74, 6) is -0.446. The molecule has 0 bridgehead atoms. The van der Waals surface area contributed by atoms with Crippen LogP contribution in [0.25, 0.3) is 0 Å². The van der Waals surface area contributed by atoms with Crippen LogP contribution in [-0.4, -0.2) is 47.7 Å². The van der Waals surface area contributed by atoms with E-state index in [-0.39, 0.29) is 18.0 Å². The second kappa shape index (κ2) is 14.0. The van der Waals surface area contributed by atoms with Crippen LogP contribution in [0, 0.1) is 0 Å². The van der Waals surface area contributed by atoms with Gasteiger partial charge in [-0.15, -0.1) is 0 Å². The number of hydrogen-bond donors (Lipinski definition) is 0. The third-order valence-electron chi connectivity index (χ3n) is 7.79. The van der Waals surface area contributed by atoms with Gasteiger partial charge in [0.15, 0.2) is 0 Å². The lowest BCUT2D eigenvalue weighted by Gasteiger charge is -2.48. The first-order valence-corrected chi connectivity index (χ1v) is 13.4. The number of esters is 2. The first kappa shape index (κ1) is 25.3. The van der Waals surface area contributed by atoms with Crippen molar-refractivity contribution in [2.75, 3.05) is 6.61 Å². The molecule has 0 aromatic carbocycles. The van der Waals surface area contributed by atoms with Gasteiger partial charge in [-0.3, -0.25) is 9.69 Å². The summed E-state index contributed by atoms with van der Waals surface area (Å²) >= 11 is 0. The maximum atomic E-state index is 12.3. The number of rotatable bonds is 11. The molecule has 3 rings (SSSR count). The molecule has 0 radical (unpaired) electrons. The molecule has 0 saturated heterocycles. The standard InChI is InChI=1S/C27H45NO4/c1-2-26(29)31-21-11-5-10-16-27(30)32-25-19-17-24(18-20-25)28(22-12-6-3-7-13-22)23-14-8-4-9-15-23/h2,22-25H,1,3-21H2. The predicted molar refractivity (Wildman–Crippen MR) is 127 cm³/mol. The summed E-state index contributed by atoms with van der Waals surface area (Å²) in [6.45, 7) is 3.77. The summed E-state index contributed by atoms with van der Waals surface area (Å²) in [6, 6.07) is 2.28. The summed E-state index contributed by atoms with van der Waals surface area (Å²) in [5.41, 5.74) is 0. The van der Waals surface area contributed by atoms with E-state index >= 15 is 0 Å². The van der Waals surface area contributed by atoms with Crippen molar-refractivity contribution in [3.05, 3.63) is 12.7 Å². The monoisotopic (exact) mass is 447 g/mol. The van der Waals surface area contributed by atoms with E-state index in [1.807, 2.05) is 0 Å². The number of hydrogen-bond acceptors (Lipinski definition) is 5. The van der Waals surface area contributed by atoms with E-state index in [2.05, 4.69) is 11.5 Å². The average molecular weight is 448 g/mol. The van der Waals surface area contributed by atoms with Crippen LogP contribution in [0.4, 0.5) is 0 Å². The van der Waals surface area contributed by atoms with Crippen molar-refractivity contribution >= 4 is 11.9 Å². The summed E-state index contributed by atoms with van der Waals surface area (Å²) in [7, 11) is 0. The van der Waals surface area contributed by atoms with Crippen LogP contribution in [0.3, 0.4) is 0 Å². The van der Waals surface area contributed by atoms with Crippen molar-refractivity contribution in [3.63, 3.8) is 0 Å². The first-order chi connectivity index (χ1) is 15.7. The topological polar surface area (TPSA) is 55.8 Å². The van der Waals surface area contributed by atoms with E-state index in [0.29, 0.717) is 19.1 Å². The highest BCUT2D eigenvalue weighted by atomic mass is 16.5. The molecule has 0 N–H and O–H groups in total. The number of carbonyl (C=O) groups is 2. The van der Waals surface area contributed by atoms with Gasteiger partial charge in [-0.1, -0.05) is 45.1 Å². The maximum absolute atomic E-state index is 12.3. The van der Waals surface area contributed by atoms with Crippen LogP contribution in [0.1, 0.15) is 116 Å². The minimum absolute atomic E-state index is 0.0621. The Kier molecular flexibility index (Phi) is 11.1. The van der Waals surface area contributed by atoms with E-state index in [9.17, 15) is 9.59 Å². The quantitative estimate of drug-likeness (QED) is 0.218. The molecule has 0 atom stereocenters. The fraction of sp³-hybridized carbons (Fsp3) is 0.852. The zero-order valence-corrected chi connectivity index (χ0v) is 20.1. The molecule has 0 aromatic rings. The van der Waals surface area contributed by atoms with Gasteiger partial charge in [-0.25, -0.2) is 4.79 Å². The number of unbranched alkanes of at least 4 members (excludes halogenated alkanes) is 2. The smallest absolute Gasteiger partial charge is 0.330 e. The maximum Gasteiger partial charge on any atom is 0.330 e. The number of ether oxygens (including phenoxy) is 2. The lowest BCUT2D eigenvalue weighted by Crippen LogP contribution is -2.52. The first-order valence-electron chi connectivity index (χ1n) is 13.4. The van der Waals surface area contributed by atoms with Gasteiger partial charge in [0.25, 0.3) is 0 Å². The molecule has 3 aliphatic carbocycles. The lowest BCUT2D eigenvalue weighted by molar-refractivity contribution is -0.151. The molecule has 5 nitrogen and oxygen atoms in total.